The number of ether oxygens (including phenoxy) is 2. The largest absolute Gasteiger partial charge is 0.491 e. The standard InChI is InChI=1S/C30H39N3O11S3/c1-3-29-26(31-19-22(34)20-42-23-7-6-8-24(17-23)45(2,36)37)18-30(43-29)12-15-32(16-13-30)46(38,39)21-47(40,41)44-33-14-11-28(35)25-9-4-5-10-27(25)33/h4-11,14,17,22,26,29,31,34H,3,12-13,15-16,18-21H2,1-2H3/t22-,26+,29?/m0/s1. The first kappa shape index (κ1) is 35.3. The Morgan fingerprint density at radius 2 is 1.77 bits per heavy atom. The topological polar surface area (TPSA) is 188 Å². The Bertz CT molecular complexity index is 1970. The summed E-state index contributed by atoms with van der Waals surface area (Å²) >= 11 is 0. The lowest BCUT2D eigenvalue weighted by Gasteiger charge is -2.38. The van der Waals surface area contributed by atoms with Gasteiger partial charge in [0.25, 0.3) is 0 Å². The highest BCUT2D eigenvalue weighted by molar-refractivity contribution is 8.04. The molecule has 0 aliphatic carbocycles. The maximum Gasteiger partial charge on any atom is 0.343 e. The Kier molecular flexibility index (Phi) is 10.4. The minimum atomic E-state index is -4.61. The van der Waals surface area contributed by atoms with Crippen LogP contribution >= 0.6 is 0 Å². The van der Waals surface area contributed by atoms with Crippen LogP contribution in [0.3, 0.4) is 0 Å². The molecule has 0 radical (unpaired) electrons. The fourth-order valence-electron chi connectivity index (χ4n) is 6.03. The lowest BCUT2D eigenvalue weighted by Crippen LogP contribution is -2.48. The smallest absolute Gasteiger partial charge is 0.343 e. The van der Waals surface area contributed by atoms with E-state index in [1.54, 1.807) is 24.3 Å². The van der Waals surface area contributed by atoms with E-state index in [1.807, 2.05) is 6.92 Å². The summed E-state index contributed by atoms with van der Waals surface area (Å²) in [4.78, 5) is 12.2. The number of pyridine rings is 1. The van der Waals surface area contributed by atoms with Crippen LogP contribution in [0.5, 0.6) is 5.75 Å². The molecule has 2 N–H and O–H groups in total. The maximum absolute atomic E-state index is 13.2. The molecule has 17 heteroatoms. The zero-order valence-electron chi connectivity index (χ0n) is 26.0. The Labute approximate surface area is 274 Å². The van der Waals surface area contributed by atoms with Crippen LogP contribution in [0.4, 0.5) is 0 Å². The molecule has 3 atom stereocenters. The van der Waals surface area contributed by atoms with E-state index in [2.05, 4.69) is 5.32 Å². The van der Waals surface area contributed by atoms with Crippen LogP contribution in [-0.4, -0.2) is 101 Å². The van der Waals surface area contributed by atoms with Crippen LogP contribution in [-0.2, 0) is 34.7 Å². The monoisotopic (exact) mass is 713 g/mol. The molecule has 0 saturated carbocycles. The number of benzene rings is 2. The SMILES string of the molecule is CCC1OC2(CCN(S(=O)(=O)CS(=O)(=O)On3ccc(=O)c4ccccc43)CC2)C[C@H]1NC[C@H](O)COc1cccc(S(C)(=O)=O)c1. The van der Waals surface area contributed by atoms with Crippen molar-refractivity contribution in [3.05, 3.63) is 71.0 Å². The molecule has 258 valence electrons. The Balaban J connectivity index is 1.14. The molecule has 2 aromatic carbocycles. The van der Waals surface area contributed by atoms with E-state index in [0.29, 0.717) is 31.4 Å². The molecule has 1 unspecified atom stereocenters. The van der Waals surface area contributed by atoms with Crippen molar-refractivity contribution in [2.24, 2.45) is 0 Å². The molecule has 14 nitrogen and oxygen atoms in total. The fourth-order valence-corrected chi connectivity index (χ4v) is 10.0. The minimum Gasteiger partial charge on any atom is -0.491 e. The van der Waals surface area contributed by atoms with E-state index in [9.17, 15) is 35.2 Å². The number of aliphatic hydroxyl groups excluding tert-OH is 1. The first-order valence-corrected chi connectivity index (χ1v) is 20.2. The van der Waals surface area contributed by atoms with Crippen molar-refractivity contribution in [2.75, 3.05) is 37.6 Å². The molecule has 2 fully saturated rings. The predicted octanol–water partition coefficient (Wildman–Crippen LogP) is 0.882. The van der Waals surface area contributed by atoms with Crippen LogP contribution in [0.25, 0.3) is 10.9 Å². The molecule has 3 aromatic rings. The van der Waals surface area contributed by atoms with Gasteiger partial charge in [0.15, 0.2) is 15.3 Å². The molecule has 5 rings (SSSR count). The van der Waals surface area contributed by atoms with Crippen molar-refractivity contribution in [2.45, 2.75) is 61.4 Å². The van der Waals surface area contributed by atoms with Crippen LogP contribution in [0.15, 0.2) is 70.5 Å². The summed E-state index contributed by atoms with van der Waals surface area (Å²) in [5.74, 6) is 0.327. The number of piperidine rings is 1. The van der Waals surface area contributed by atoms with Gasteiger partial charge in [-0.25, -0.2) is 21.1 Å². The number of hydrogen-bond acceptors (Lipinski definition) is 12. The van der Waals surface area contributed by atoms with Gasteiger partial charge >= 0.3 is 10.1 Å². The van der Waals surface area contributed by atoms with Gasteiger partial charge in [0.2, 0.25) is 15.1 Å². The summed E-state index contributed by atoms with van der Waals surface area (Å²) in [6.07, 6.45) is 3.13. The molecule has 0 bridgehead atoms. The highest BCUT2D eigenvalue weighted by Crippen LogP contribution is 2.40. The number of sulfone groups is 1. The number of hydrogen-bond donors (Lipinski definition) is 2. The third-order valence-electron chi connectivity index (χ3n) is 8.42. The lowest BCUT2D eigenvalue weighted by atomic mass is 9.87. The number of fused-ring (bicyclic) bond motifs is 1. The van der Waals surface area contributed by atoms with Gasteiger partial charge in [-0.15, -0.1) is 0 Å². The average molecular weight is 714 g/mol. The number of para-hydroxylation sites is 1. The summed E-state index contributed by atoms with van der Waals surface area (Å²) < 4.78 is 94.8. The minimum absolute atomic E-state index is 0.0605. The van der Waals surface area contributed by atoms with Crippen LogP contribution in [0.1, 0.15) is 32.6 Å². The Morgan fingerprint density at radius 3 is 2.47 bits per heavy atom. The molecule has 2 aliphatic rings. The van der Waals surface area contributed by atoms with Gasteiger partial charge in [-0.2, -0.15) is 13.1 Å². The van der Waals surface area contributed by atoms with Crippen LogP contribution < -0.4 is 19.8 Å². The number of rotatable bonds is 13. The summed E-state index contributed by atoms with van der Waals surface area (Å²) in [6.45, 7) is 2.22. The number of sulfonamides is 1. The highest BCUT2D eigenvalue weighted by atomic mass is 32.3. The van der Waals surface area contributed by atoms with E-state index >= 15 is 0 Å². The van der Waals surface area contributed by atoms with Gasteiger partial charge in [-0.1, -0.05) is 25.1 Å². The van der Waals surface area contributed by atoms with E-state index in [0.717, 1.165) is 27.6 Å². The third kappa shape index (κ3) is 8.51. The zero-order chi connectivity index (χ0) is 34.0. The van der Waals surface area contributed by atoms with E-state index < -0.39 is 46.8 Å². The normalized spacial score (nSPS) is 21.2. The molecule has 3 heterocycles. The van der Waals surface area contributed by atoms with Gasteiger partial charge in [0, 0.05) is 49.6 Å². The van der Waals surface area contributed by atoms with Gasteiger partial charge in [-0.3, -0.25) is 9.08 Å². The van der Waals surface area contributed by atoms with Crippen molar-refractivity contribution in [3.63, 3.8) is 0 Å². The number of nitrogens with one attached hydrogen (secondary N) is 1. The van der Waals surface area contributed by atoms with E-state index in [4.69, 9.17) is 13.8 Å². The number of aromatic nitrogens is 1. The third-order valence-corrected chi connectivity index (χ3v) is 13.4. The van der Waals surface area contributed by atoms with Crippen LogP contribution in [0, 0.1) is 0 Å². The van der Waals surface area contributed by atoms with Crippen molar-refractivity contribution >= 4 is 40.9 Å². The second kappa shape index (κ2) is 13.8. The van der Waals surface area contributed by atoms with Crippen LogP contribution in [0.2, 0.25) is 0 Å². The second-order valence-electron chi connectivity index (χ2n) is 12.0. The first-order chi connectivity index (χ1) is 22.1. The van der Waals surface area contributed by atoms with Gasteiger partial charge in [0.1, 0.15) is 18.5 Å². The molecule has 1 spiro atoms. The molecule has 1 aromatic heterocycles. The molecule has 2 aliphatic heterocycles. The second-order valence-corrected chi connectivity index (χ2v) is 17.9. The Hall–Kier alpha value is -3.06. The maximum atomic E-state index is 13.2. The van der Waals surface area contributed by atoms with Gasteiger partial charge in [0.05, 0.1) is 22.1 Å². The number of aliphatic hydroxyl groups is 1. The van der Waals surface area contributed by atoms with Crippen molar-refractivity contribution in [1.82, 2.24) is 14.4 Å². The summed E-state index contributed by atoms with van der Waals surface area (Å²) in [6, 6.07) is 13.3. The van der Waals surface area contributed by atoms with Crippen molar-refractivity contribution in [3.8, 4) is 5.75 Å². The molecular weight excluding hydrogens is 675 g/mol. The van der Waals surface area contributed by atoms with Gasteiger partial charge < -0.3 is 19.9 Å². The zero-order valence-corrected chi connectivity index (χ0v) is 28.5. The fraction of sp³-hybridized carbons (Fsp3) is 0.500. The molecule has 47 heavy (non-hydrogen) atoms. The highest BCUT2D eigenvalue weighted by Gasteiger charge is 2.48. The van der Waals surface area contributed by atoms with E-state index in [1.165, 1.54) is 24.3 Å². The first-order valence-electron chi connectivity index (χ1n) is 15.1. The van der Waals surface area contributed by atoms with Gasteiger partial charge in [-0.05, 0) is 56.0 Å². The lowest BCUT2D eigenvalue weighted by molar-refractivity contribution is -0.0702. The quantitative estimate of drug-likeness (QED) is 0.255. The predicted molar refractivity (Wildman–Crippen MR) is 174 cm³/mol. The molecule has 2 saturated heterocycles. The van der Waals surface area contributed by atoms with Crippen molar-refractivity contribution < 1.29 is 44.1 Å². The van der Waals surface area contributed by atoms with Crippen molar-refractivity contribution in [1.29, 1.82) is 0 Å². The van der Waals surface area contributed by atoms with E-state index in [-0.39, 0.29) is 59.6 Å². The molecule has 0 amide bonds. The number of nitrogens with zero attached hydrogens (tertiary/aromatic N) is 2. The summed E-state index contributed by atoms with van der Waals surface area (Å²) in [5, 5.41) is 12.8. The average Bonchev–Trinajstić information content (AvgIpc) is 3.36. The summed E-state index contributed by atoms with van der Waals surface area (Å²) in [7, 11) is -12.3. The molecular formula is C30H39N3O11S3. The Morgan fingerprint density at radius 1 is 1.04 bits per heavy atom. The summed E-state index contributed by atoms with van der Waals surface area (Å²) in [5.41, 5.74) is -0.751.